The predicted molar refractivity (Wildman–Crippen MR) is 84.1 cm³/mol. The number of ether oxygens (including phenoxy) is 1. The van der Waals surface area contributed by atoms with E-state index in [0.29, 0.717) is 5.88 Å². The largest absolute Gasteiger partial charge is 0.496 e. The summed E-state index contributed by atoms with van der Waals surface area (Å²) in [5.41, 5.74) is 0.0561. The second kappa shape index (κ2) is 5.89. The van der Waals surface area contributed by atoms with Crippen molar-refractivity contribution in [3.63, 3.8) is 0 Å². The molecule has 120 valence electrons. The number of hydrogen-bond acceptors (Lipinski definition) is 5. The van der Waals surface area contributed by atoms with Gasteiger partial charge in [0.05, 0.1) is 11.2 Å². The van der Waals surface area contributed by atoms with E-state index >= 15 is 0 Å². The molecule has 0 unspecified atom stereocenters. The first-order valence-corrected chi connectivity index (χ1v) is 7.27. The molecule has 0 aromatic carbocycles. The van der Waals surface area contributed by atoms with Gasteiger partial charge in [0.15, 0.2) is 6.61 Å². The second-order valence-corrected chi connectivity index (χ2v) is 6.59. The van der Waals surface area contributed by atoms with Crippen LogP contribution in [0.25, 0.3) is 0 Å². The number of likely N-dealkylation sites (N-methyl/N-ethyl adjacent to an activating group) is 1. The maximum atomic E-state index is 11.5. The van der Waals surface area contributed by atoms with E-state index in [1.54, 1.807) is 26.4 Å². The topological polar surface area (TPSA) is 60.9 Å². The number of carbonyl (C=O) groups excluding carboxylic acids is 1. The van der Waals surface area contributed by atoms with Crippen molar-refractivity contribution < 1.29 is 18.8 Å². The minimum Gasteiger partial charge on any atom is -0.468 e. The Kier molecular flexibility index (Phi) is 4.49. The zero-order valence-corrected chi connectivity index (χ0v) is 14.0. The fourth-order valence-electron chi connectivity index (χ4n) is 1.86. The van der Waals surface area contributed by atoms with Crippen LogP contribution in [0.1, 0.15) is 27.7 Å². The first-order chi connectivity index (χ1) is 10.1. The van der Waals surface area contributed by atoms with Crippen LogP contribution < -0.4 is 10.2 Å². The zero-order chi connectivity index (χ0) is 16.5. The molecule has 0 N–H and O–H groups in total. The van der Waals surface area contributed by atoms with E-state index in [9.17, 15) is 4.79 Å². The Morgan fingerprint density at radius 1 is 1.23 bits per heavy atom. The predicted octanol–water partition coefficient (Wildman–Crippen LogP) is 0.848. The Morgan fingerprint density at radius 3 is 2.27 bits per heavy atom. The summed E-state index contributed by atoms with van der Waals surface area (Å²) < 4.78 is 17.3. The van der Waals surface area contributed by atoms with Crippen molar-refractivity contribution in [1.29, 1.82) is 0 Å². The molecule has 1 aromatic rings. The van der Waals surface area contributed by atoms with Gasteiger partial charge >= 0.3 is 7.12 Å². The highest BCUT2D eigenvalue weighted by Gasteiger charge is 2.51. The standard InChI is InChI=1S/C15H23BN2O4/c1-14(2)15(3,4)22-16(21-14)11-7-8-12(17-9-11)20-10-13(19)18(5)6/h7-9H,10H2,1-6H3. The molecule has 1 fully saturated rings. The summed E-state index contributed by atoms with van der Waals surface area (Å²) in [4.78, 5) is 17.1. The van der Waals surface area contributed by atoms with Crippen LogP contribution in [0.3, 0.4) is 0 Å². The molecule has 2 rings (SSSR count). The third kappa shape index (κ3) is 3.42. The summed E-state index contributed by atoms with van der Waals surface area (Å²) in [6, 6.07) is 3.55. The van der Waals surface area contributed by atoms with Gasteiger partial charge in [0.2, 0.25) is 5.88 Å². The van der Waals surface area contributed by atoms with Gasteiger partial charge in [-0.1, -0.05) is 6.07 Å². The van der Waals surface area contributed by atoms with E-state index in [1.807, 2.05) is 33.8 Å². The van der Waals surface area contributed by atoms with Crippen molar-refractivity contribution in [2.24, 2.45) is 0 Å². The van der Waals surface area contributed by atoms with Gasteiger partial charge in [0, 0.05) is 25.8 Å². The van der Waals surface area contributed by atoms with Crippen molar-refractivity contribution in [1.82, 2.24) is 9.88 Å². The highest BCUT2D eigenvalue weighted by molar-refractivity contribution is 6.62. The number of rotatable bonds is 4. The molecule has 0 bridgehead atoms. The molecule has 7 heteroatoms. The lowest BCUT2D eigenvalue weighted by atomic mass is 9.80. The minimum absolute atomic E-state index is 0.0319. The molecule has 0 radical (unpaired) electrons. The maximum Gasteiger partial charge on any atom is 0.496 e. The lowest BCUT2D eigenvalue weighted by molar-refractivity contribution is -0.130. The lowest BCUT2D eigenvalue weighted by Crippen LogP contribution is -2.41. The maximum absolute atomic E-state index is 11.5. The van der Waals surface area contributed by atoms with Crippen LogP contribution in [0, 0.1) is 0 Å². The highest BCUT2D eigenvalue weighted by Crippen LogP contribution is 2.36. The van der Waals surface area contributed by atoms with Crippen molar-refractivity contribution in [2.75, 3.05) is 20.7 Å². The average molecular weight is 306 g/mol. The molecule has 0 saturated carbocycles. The Bertz CT molecular complexity index is 527. The van der Waals surface area contributed by atoms with Gasteiger partial charge in [-0.3, -0.25) is 4.79 Å². The summed E-state index contributed by atoms with van der Waals surface area (Å²) in [7, 11) is 2.91. The summed E-state index contributed by atoms with van der Waals surface area (Å²) in [5.74, 6) is 0.285. The van der Waals surface area contributed by atoms with Crippen LogP contribution in [0.15, 0.2) is 18.3 Å². The van der Waals surface area contributed by atoms with E-state index in [-0.39, 0.29) is 23.7 Å². The molecule has 1 saturated heterocycles. The van der Waals surface area contributed by atoms with Crippen LogP contribution >= 0.6 is 0 Å². The highest BCUT2D eigenvalue weighted by atomic mass is 16.7. The molecule has 2 heterocycles. The van der Waals surface area contributed by atoms with Crippen LogP contribution in [-0.4, -0.2) is 54.8 Å². The molecule has 22 heavy (non-hydrogen) atoms. The summed E-state index contributed by atoms with van der Waals surface area (Å²) >= 11 is 0. The summed E-state index contributed by atoms with van der Waals surface area (Å²) in [5, 5.41) is 0. The first-order valence-electron chi connectivity index (χ1n) is 7.27. The Labute approximate surface area is 131 Å². The molecular formula is C15H23BN2O4. The first kappa shape index (κ1) is 16.8. The number of carbonyl (C=O) groups is 1. The molecule has 1 aliphatic rings. The Balaban J connectivity index is 2.00. The number of hydrogen-bond donors (Lipinski definition) is 0. The normalized spacial score (nSPS) is 19.1. The van der Waals surface area contributed by atoms with E-state index in [1.165, 1.54) is 4.90 Å². The number of pyridine rings is 1. The zero-order valence-electron chi connectivity index (χ0n) is 14.0. The molecule has 1 aliphatic heterocycles. The number of amides is 1. The number of nitrogens with zero attached hydrogens (tertiary/aromatic N) is 2. The molecule has 0 atom stereocenters. The van der Waals surface area contributed by atoms with Gasteiger partial charge < -0.3 is 18.9 Å². The molecule has 1 amide bonds. The van der Waals surface area contributed by atoms with Gasteiger partial charge in [0.1, 0.15) is 0 Å². The van der Waals surface area contributed by atoms with E-state index in [0.717, 1.165) is 5.46 Å². The van der Waals surface area contributed by atoms with Crippen LogP contribution in [0.5, 0.6) is 5.88 Å². The third-order valence-corrected chi connectivity index (χ3v) is 4.13. The molecule has 6 nitrogen and oxygen atoms in total. The van der Waals surface area contributed by atoms with Crippen LogP contribution in [0.4, 0.5) is 0 Å². The van der Waals surface area contributed by atoms with Gasteiger partial charge in [-0.2, -0.15) is 0 Å². The fourth-order valence-corrected chi connectivity index (χ4v) is 1.86. The van der Waals surface area contributed by atoms with Gasteiger partial charge in [-0.25, -0.2) is 4.98 Å². The van der Waals surface area contributed by atoms with Crippen LogP contribution in [-0.2, 0) is 14.1 Å². The van der Waals surface area contributed by atoms with E-state index in [2.05, 4.69) is 4.98 Å². The van der Waals surface area contributed by atoms with Crippen molar-refractivity contribution in [3.05, 3.63) is 18.3 Å². The van der Waals surface area contributed by atoms with Crippen LogP contribution in [0.2, 0.25) is 0 Å². The van der Waals surface area contributed by atoms with Crippen molar-refractivity contribution in [2.45, 2.75) is 38.9 Å². The average Bonchev–Trinajstić information content (AvgIpc) is 2.65. The molecule has 1 aromatic heterocycles. The summed E-state index contributed by atoms with van der Waals surface area (Å²) in [6.07, 6.45) is 1.65. The Hall–Kier alpha value is -1.60. The minimum atomic E-state index is -0.449. The molecule has 0 aliphatic carbocycles. The third-order valence-electron chi connectivity index (χ3n) is 4.13. The lowest BCUT2D eigenvalue weighted by Gasteiger charge is -2.32. The van der Waals surface area contributed by atoms with Gasteiger partial charge in [-0.05, 0) is 33.8 Å². The van der Waals surface area contributed by atoms with Crippen molar-refractivity contribution in [3.8, 4) is 5.88 Å². The van der Waals surface area contributed by atoms with Gasteiger partial charge in [-0.15, -0.1) is 0 Å². The molecular weight excluding hydrogens is 283 g/mol. The quantitative estimate of drug-likeness (QED) is 0.772. The smallest absolute Gasteiger partial charge is 0.468 e. The van der Waals surface area contributed by atoms with E-state index < -0.39 is 7.12 Å². The SMILES string of the molecule is CN(C)C(=O)COc1ccc(B2OC(C)(C)C(C)(C)O2)cn1. The fraction of sp³-hybridized carbons (Fsp3) is 0.600. The monoisotopic (exact) mass is 306 g/mol. The summed E-state index contributed by atoms with van der Waals surface area (Å²) in [6.45, 7) is 7.99. The van der Waals surface area contributed by atoms with Gasteiger partial charge in [0.25, 0.3) is 5.91 Å². The second-order valence-electron chi connectivity index (χ2n) is 6.59. The Morgan fingerprint density at radius 2 is 1.82 bits per heavy atom. The van der Waals surface area contributed by atoms with Crippen molar-refractivity contribution >= 4 is 18.5 Å². The molecule has 0 spiro atoms. The number of aromatic nitrogens is 1. The van der Waals surface area contributed by atoms with E-state index in [4.69, 9.17) is 14.0 Å².